The van der Waals surface area contributed by atoms with Crippen LogP contribution in [-0.2, 0) is 13.1 Å². The normalized spacial score (nSPS) is 12.5. The van der Waals surface area contributed by atoms with Crippen LogP contribution in [0.15, 0.2) is 30.3 Å². The number of fused-ring (bicyclic) bond motifs is 1. The Morgan fingerprint density at radius 2 is 1.68 bits per heavy atom. The average molecular weight is 340 g/mol. The Bertz CT molecular complexity index is 668. The van der Waals surface area contributed by atoms with Gasteiger partial charge in [-0.2, -0.15) is 0 Å². The summed E-state index contributed by atoms with van der Waals surface area (Å²) >= 11 is 12.3. The number of nitrogens with one attached hydrogen (secondary N) is 1. The van der Waals surface area contributed by atoms with Crippen LogP contribution < -0.4 is 19.5 Å². The lowest BCUT2D eigenvalue weighted by Crippen LogP contribution is -2.12. The molecule has 0 saturated heterocycles. The van der Waals surface area contributed by atoms with Gasteiger partial charge < -0.3 is 19.5 Å². The van der Waals surface area contributed by atoms with Crippen molar-refractivity contribution < 1.29 is 14.2 Å². The second-order valence-corrected chi connectivity index (χ2v) is 5.70. The Hall–Kier alpha value is -1.62. The van der Waals surface area contributed by atoms with Crippen molar-refractivity contribution in [2.45, 2.75) is 13.1 Å². The molecule has 2 aromatic carbocycles. The van der Waals surface area contributed by atoms with Gasteiger partial charge in [-0.3, -0.25) is 0 Å². The van der Waals surface area contributed by atoms with E-state index in [0.717, 1.165) is 22.6 Å². The Balaban J connectivity index is 1.61. The summed E-state index contributed by atoms with van der Waals surface area (Å²) in [5, 5.41) is 4.36. The lowest BCUT2D eigenvalue weighted by atomic mass is 10.2. The van der Waals surface area contributed by atoms with E-state index in [1.165, 1.54) is 0 Å². The minimum absolute atomic E-state index is 0.287. The highest BCUT2D eigenvalue weighted by molar-refractivity contribution is 6.37. The van der Waals surface area contributed by atoms with E-state index in [4.69, 9.17) is 37.4 Å². The fraction of sp³-hybridized carbons (Fsp3) is 0.250. The van der Waals surface area contributed by atoms with Crippen molar-refractivity contribution in [3.63, 3.8) is 0 Å². The van der Waals surface area contributed by atoms with Gasteiger partial charge in [0.2, 0.25) is 6.79 Å². The SMILES string of the molecule is COc1c(Cl)cc(CNCc2ccc3c(c2)OCO3)cc1Cl. The van der Waals surface area contributed by atoms with Crippen molar-refractivity contribution >= 4 is 23.2 Å². The van der Waals surface area contributed by atoms with Crippen LogP contribution in [0.5, 0.6) is 17.2 Å². The predicted molar refractivity (Wildman–Crippen MR) is 86.1 cm³/mol. The van der Waals surface area contributed by atoms with Crippen molar-refractivity contribution in [2.75, 3.05) is 13.9 Å². The van der Waals surface area contributed by atoms with Gasteiger partial charge in [0.25, 0.3) is 0 Å². The first-order chi connectivity index (χ1) is 10.7. The Morgan fingerprint density at radius 1 is 1.00 bits per heavy atom. The van der Waals surface area contributed by atoms with Gasteiger partial charge in [-0.15, -0.1) is 0 Å². The molecule has 0 amide bonds. The minimum Gasteiger partial charge on any atom is -0.494 e. The number of benzene rings is 2. The Labute approximate surface area is 138 Å². The molecular formula is C16H15Cl2NO3. The Morgan fingerprint density at radius 3 is 2.41 bits per heavy atom. The molecule has 0 atom stereocenters. The summed E-state index contributed by atoms with van der Waals surface area (Å²) < 4.78 is 15.8. The van der Waals surface area contributed by atoms with Crippen LogP contribution in [0, 0.1) is 0 Å². The largest absolute Gasteiger partial charge is 0.494 e. The highest BCUT2D eigenvalue weighted by Gasteiger charge is 2.13. The van der Waals surface area contributed by atoms with Gasteiger partial charge in [-0.1, -0.05) is 29.3 Å². The summed E-state index contributed by atoms with van der Waals surface area (Å²) in [6, 6.07) is 9.59. The summed E-state index contributed by atoms with van der Waals surface area (Å²) in [4.78, 5) is 0. The fourth-order valence-corrected chi connectivity index (χ4v) is 3.00. The standard InChI is InChI=1S/C16H15Cl2NO3/c1-20-16-12(17)4-11(5-13(16)18)8-19-7-10-2-3-14-15(6-10)22-9-21-14/h2-6,19H,7-9H2,1H3. The average Bonchev–Trinajstić information content (AvgIpc) is 2.94. The number of ether oxygens (including phenoxy) is 3. The third-order valence-electron chi connectivity index (χ3n) is 3.36. The van der Waals surface area contributed by atoms with Crippen LogP contribution in [-0.4, -0.2) is 13.9 Å². The van der Waals surface area contributed by atoms with E-state index in [1.54, 1.807) is 7.11 Å². The molecule has 1 N–H and O–H groups in total. The molecule has 0 radical (unpaired) electrons. The number of rotatable bonds is 5. The van der Waals surface area contributed by atoms with E-state index in [0.29, 0.717) is 28.9 Å². The first kappa shape index (κ1) is 15.3. The topological polar surface area (TPSA) is 39.7 Å². The number of hydrogen-bond acceptors (Lipinski definition) is 4. The van der Waals surface area contributed by atoms with Gasteiger partial charge in [0.1, 0.15) is 0 Å². The van der Waals surface area contributed by atoms with Gasteiger partial charge in [0, 0.05) is 13.1 Å². The van der Waals surface area contributed by atoms with Gasteiger partial charge in [-0.25, -0.2) is 0 Å². The highest BCUT2D eigenvalue weighted by Crippen LogP contribution is 2.34. The lowest BCUT2D eigenvalue weighted by molar-refractivity contribution is 0.174. The quantitative estimate of drug-likeness (QED) is 0.892. The van der Waals surface area contributed by atoms with Crippen molar-refractivity contribution in [3.05, 3.63) is 51.5 Å². The monoisotopic (exact) mass is 339 g/mol. The van der Waals surface area contributed by atoms with E-state index < -0.39 is 0 Å². The lowest BCUT2D eigenvalue weighted by Gasteiger charge is -2.10. The van der Waals surface area contributed by atoms with Crippen LogP contribution >= 0.6 is 23.2 Å². The zero-order chi connectivity index (χ0) is 15.5. The second-order valence-electron chi connectivity index (χ2n) is 4.88. The van der Waals surface area contributed by atoms with E-state index >= 15 is 0 Å². The third-order valence-corrected chi connectivity index (χ3v) is 3.92. The number of halogens is 2. The number of methoxy groups -OCH3 is 1. The summed E-state index contributed by atoms with van der Waals surface area (Å²) in [5.74, 6) is 2.08. The zero-order valence-corrected chi connectivity index (χ0v) is 13.5. The van der Waals surface area contributed by atoms with E-state index in [-0.39, 0.29) is 6.79 Å². The van der Waals surface area contributed by atoms with E-state index in [1.807, 2.05) is 30.3 Å². The maximum absolute atomic E-state index is 6.13. The maximum Gasteiger partial charge on any atom is 0.231 e. The number of hydrogen-bond donors (Lipinski definition) is 1. The van der Waals surface area contributed by atoms with Crippen LogP contribution in [0.1, 0.15) is 11.1 Å². The fourth-order valence-electron chi connectivity index (χ4n) is 2.31. The molecule has 22 heavy (non-hydrogen) atoms. The van der Waals surface area contributed by atoms with Crippen LogP contribution in [0.25, 0.3) is 0 Å². The van der Waals surface area contributed by atoms with E-state index in [2.05, 4.69) is 5.32 Å². The van der Waals surface area contributed by atoms with Crippen molar-refractivity contribution in [3.8, 4) is 17.2 Å². The summed E-state index contributed by atoms with van der Waals surface area (Å²) in [7, 11) is 1.55. The molecule has 4 nitrogen and oxygen atoms in total. The van der Waals surface area contributed by atoms with Gasteiger partial charge in [0.05, 0.1) is 17.2 Å². The molecule has 2 aromatic rings. The molecular weight excluding hydrogens is 325 g/mol. The predicted octanol–water partition coefficient (Wildman–Crippen LogP) is 4.02. The molecule has 0 aromatic heterocycles. The molecule has 116 valence electrons. The molecule has 1 aliphatic rings. The molecule has 0 bridgehead atoms. The third kappa shape index (κ3) is 3.24. The van der Waals surface area contributed by atoms with Crippen LogP contribution in [0.3, 0.4) is 0 Å². The molecule has 0 fully saturated rings. The van der Waals surface area contributed by atoms with Gasteiger partial charge in [-0.05, 0) is 35.4 Å². The van der Waals surface area contributed by atoms with Gasteiger partial charge in [0.15, 0.2) is 17.2 Å². The van der Waals surface area contributed by atoms with Crippen LogP contribution in [0.2, 0.25) is 10.0 Å². The van der Waals surface area contributed by atoms with Crippen molar-refractivity contribution in [1.29, 1.82) is 0 Å². The Kier molecular flexibility index (Phi) is 4.62. The molecule has 3 rings (SSSR count). The maximum atomic E-state index is 6.13. The first-order valence-corrected chi connectivity index (χ1v) is 7.54. The van der Waals surface area contributed by atoms with E-state index in [9.17, 15) is 0 Å². The summed E-state index contributed by atoms with van der Waals surface area (Å²) in [6.07, 6.45) is 0. The molecule has 0 aliphatic carbocycles. The summed E-state index contributed by atoms with van der Waals surface area (Å²) in [5.41, 5.74) is 2.12. The smallest absolute Gasteiger partial charge is 0.231 e. The van der Waals surface area contributed by atoms with Gasteiger partial charge >= 0.3 is 0 Å². The molecule has 6 heteroatoms. The summed E-state index contributed by atoms with van der Waals surface area (Å²) in [6.45, 7) is 1.64. The van der Waals surface area contributed by atoms with Crippen molar-refractivity contribution in [1.82, 2.24) is 5.32 Å². The molecule has 1 aliphatic heterocycles. The first-order valence-electron chi connectivity index (χ1n) is 6.78. The molecule has 0 unspecified atom stereocenters. The van der Waals surface area contributed by atoms with Crippen LogP contribution in [0.4, 0.5) is 0 Å². The minimum atomic E-state index is 0.287. The molecule has 0 spiro atoms. The molecule has 1 heterocycles. The zero-order valence-electron chi connectivity index (χ0n) is 12.0. The highest BCUT2D eigenvalue weighted by atomic mass is 35.5. The van der Waals surface area contributed by atoms with Crippen molar-refractivity contribution in [2.24, 2.45) is 0 Å². The second kappa shape index (κ2) is 6.65. The molecule has 0 saturated carbocycles.